The van der Waals surface area contributed by atoms with Crippen LogP contribution < -0.4 is 10.6 Å². The summed E-state index contributed by atoms with van der Waals surface area (Å²) in [6.45, 7) is 0.567. The largest absolute Gasteiger partial charge is 0.337 e. The third kappa shape index (κ3) is 3.28. The van der Waals surface area contributed by atoms with Crippen LogP contribution in [0.1, 0.15) is 60.0 Å². The quantitative estimate of drug-likeness (QED) is 0.776. The summed E-state index contributed by atoms with van der Waals surface area (Å²) >= 11 is 1.48. The van der Waals surface area contributed by atoms with Crippen molar-refractivity contribution in [1.82, 2.24) is 25.7 Å². The molecule has 2 amide bonds. The third-order valence-electron chi connectivity index (χ3n) is 4.90. The van der Waals surface area contributed by atoms with E-state index in [4.69, 9.17) is 0 Å². The highest BCUT2D eigenvalue weighted by Crippen LogP contribution is 2.38. The number of aryl methyl sites for hydroxylation is 1. The first kappa shape index (κ1) is 15.6. The van der Waals surface area contributed by atoms with Gasteiger partial charge in [0.1, 0.15) is 5.01 Å². The van der Waals surface area contributed by atoms with E-state index in [1.165, 1.54) is 54.7 Å². The molecule has 128 valence electrons. The van der Waals surface area contributed by atoms with Crippen molar-refractivity contribution in [1.29, 1.82) is 0 Å². The van der Waals surface area contributed by atoms with E-state index in [1.807, 2.05) is 0 Å². The van der Waals surface area contributed by atoms with Gasteiger partial charge >= 0.3 is 6.03 Å². The summed E-state index contributed by atoms with van der Waals surface area (Å²) in [5, 5.41) is 23.0. The van der Waals surface area contributed by atoms with Crippen molar-refractivity contribution in [3.8, 4) is 0 Å². The molecule has 0 unspecified atom stereocenters. The van der Waals surface area contributed by atoms with E-state index in [-0.39, 0.29) is 6.03 Å². The lowest BCUT2D eigenvalue weighted by atomic mass is 9.86. The molecule has 2 aromatic rings. The molecular formula is C16H22N6OS. The molecule has 2 aliphatic carbocycles. The van der Waals surface area contributed by atoms with Crippen molar-refractivity contribution in [2.75, 3.05) is 11.9 Å². The summed E-state index contributed by atoms with van der Waals surface area (Å²) in [6, 6.07) is -0.226. The second-order valence-electron chi connectivity index (χ2n) is 6.54. The Labute approximate surface area is 144 Å². The van der Waals surface area contributed by atoms with Gasteiger partial charge in [-0.2, -0.15) is 5.10 Å². The number of urea groups is 1. The van der Waals surface area contributed by atoms with Crippen LogP contribution in [0.2, 0.25) is 0 Å². The van der Waals surface area contributed by atoms with Gasteiger partial charge in [-0.05, 0) is 44.1 Å². The van der Waals surface area contributed by atoms with Crippen molar-refractivity contribution >= 4 is 22.5 Å². The van der Waals surface area contributed by atoms with E-state index in [0.29, 0.717) is 17.6 Å². The molecule has 2 heterocycles. The predicted molar refractivity (Wildman–Crippen MR) is 92.5 cm³/mol. The fourth-order valence-electron chi connectivity index (χ4n) is 3.30. The first-order valence-electron chi connectivity index (χ1n) is 8.73. The van der Waals surface area contributed by atoms with Gasteiger partial charge in [-0.1, -0.05) is 17.8 Å². The zero-order valence-corrected chi connectivity index (χ0v) is 14.4. The molecule has 0 bridgehead atoms. The molecule has 4 rings (SSSR count). The van der Waals surface area contributed by atoms with E-state index in [1.54, 1.807) is 0 Å². The van der Waals surface area contributed by atoms with Crippen molar-refractivity contribution < 1.29 is 4.79 Å². The maximum absolute atomic E-state index is 12.0. The molecule has 3 N–H and O–H groups in total. The minimum absolute atomic E-state index is 0.226. The number of amides is 2. The smallest absolute Gasteiger partial charge is 0.321 e. The number of rotatable bonds is 5. The number of nitrogens with one attached hydrogen (secondary N) is 3. The minimum atomic E-state index is -0.226. The molecule has 1 saturated carbocycles. The van der Waals surface area contributed by atoms with E-state index in [2.05, 4.69) is 31.0 Å². The molecule has 8 heteroatoms. The topological polar surface area (TPSA) is 95.6 Å². The number of nitrogens with zero attached hydrogens (tertiary/aromatic N) is 3. The Morgan fingerprint density at radius 3 is 2.92 bits per heavy atom. The predicted octanol–water partition coefficient (Wildman–Crippen LogP) is 2.77. The average Bonchev–Trinajstić information content (AvgIpc) is 3.13. The zero-order chi connectivity index (χ0) is 16.4. The Hall–Kier alpha value is -1.96. The maximum Gasteiger partial charge on any atom is 0.321 e. The van der Waals surface area contributed by atoms with Crippen LogP contribution in [0.5, 0.6) is 0 Å². The number of aromatic nitrogens is 4. The molecule has 2 aliphatic rings. The molecule has 24 heavy (non-hydrogen) atoms. The minimum Gasteiger partial charge on any atom is -0.337 e. The van der Waals surface area contributed by atoms with Gasteiger partial charge in [-0.3, -0.25) is 10.4 Å². The maximum atomic E-state index is 12.0. The van der Waals surface area contributed by atoms with Crippen LogP contribution in [-0.4, -0.2) is 33.0 Å². The number of anilines is 1. The van der Waals surface area contributed by atoms with Crippen LogP contribution in [-0.2, 0) is 19.3 Å². The summed E-state index contributed by atoms with van der Waals surface area (Å²) < 4.78 is 0. The molecular weight excluding hydrogens is 324 g/mol. The Kier molecular flexibility index (Phi) is 4.46. The van der Waals surface area contributed by atoms with Crippen LogP contribution in [0.4, 0.5) is 9.93 Å². The lowest BCUT2D eigenvalue weighted by Gasteiger charge is -2.21. The molecule has 0 aliphatic heterocycles. The second kappa shape index (κ2) is 6.88. The summed E-state index contributed by atoms with van der Waals surface area (Å²) in [6.07, 6.45) is 9.06. The molecule has 0 radical (unpaired) electrons. The molecule has 0 spiro atoms. The lowest BCUT2D eigenvalue weighted by Crippen LogP contribution is -2.30. The number of aromatic amines is 1. The fourth-order valence-corrected chi connectivity index (χ4v) is 4.20. The average molecular weight is 346 g/mol. The van der Waals surface area contributed by atoms with Gasteiger partial charge in [0.25, 0.3) is 0 Å². The number of fused-ring (bicyclic) bond motifs is 1. The Morgan fingerprint density at radius 1 is 1.21 bits per heavy atom. The Morgan fingerprint density at radius 2 is 2.08 bits per heavy atom. The Bertz CT molecular complexity index is 720. The third-order valence-corrected chi connectivity index (χ3v) is 5.91. The standard InChI is InChI=1S/C16H22N6OS/c23-15(18-16-22-21-14(24-16)10-4-3-5-10)17-9-8-13-11-6-1-2-7-12(11)19-20-13/h10H,1-9H2,(H,19,20)(H2,17,18,22,23). The van der Waals surface area contributed by atoms with Crippen LogP contribution in [0.25, 0.3) is 0 Å². The highest BCUT2D eigenvalue weighted by molar-refractivity contribution is 7.15. The van der Waals surface area contributed by atoms with Crippen LogP contribution in [0.3, 0.4) is 0 Å². The summed E-state index contributed by atoms with van der Waals surface area (Å²) in [4.78, 5) is 12.0. The lowest BCUT2D eigenvalue weighted by molar-refractivity contribution is 0.252. The molecule has 7 nitrogen and oxygen atoms in total. The van der Waals surface area contributed by atoms with Gasteiger partial charge in [0, 0.05) is 24.6 Å². The van der Waals surface area contributed by atoms with E-state index in [0.717, 1.165) is 30.0 Å². The highest BCUT2D eigenvalue weighted by Gasteiger charge is 2.23. The van der Waals surface area contributed by atoms with Gasteiger partial charge in [-0.15, -0.1) is 10.2 Å². The molecule has 0 saturated heterocycles. The van der Waals surface area contributed by atoms with Crippen molar-refractivity contribution in [3.05, 3.63) is 22.0 Å². The number of hydrogen-bond donors (Lipinski definition) is 3. The van der Waals surface area contributed by atoms with Gasteiger partial charge in [0.15, 0.2) is 0 Å². The zero-order valence-electron chi connectivity index (χ0n) is 13.6. The van der Waals surface area contributed by atoms with E-state index >= 15 is 0 Å². The Balaban J connectivity index is 1.24. The monoisotopic (exact) mass is 346 g/mol. The summed E-state index contributed by atoms with van der Waals surface area (Å²) in [5.74, 6) is 0.548. The molecule has 0 aromatic carbocycles. The summed E-state index contributed by atoms with van der Waals surface area (Å²) in [7, 11) is 0. The van der Waals surface area contributed by atoms with Gasteiger partial charge < -0.3 is 5.32 Å². The first-order valence-corrected chi connectivity index (χ1v) is 9.54. The number of carbonyl (C=O) groups excluding carboxylic acids is 1. The van der Waals surface area contributed by atoms with Crippen LogP contribution in [0, 0.1) is 0 Å². The molecule has 2 aromatic heterocycles. The van der Waals surface area contributed by atoms with Crippen molar-refractivity contribution in [2.24, 2.45) is 0 Å². The first-order chi connectivity index (χ1) is 11.8. The second-order valence-corrected chi connectivity index (χ2v) is 7.55. The van der Waals surface area contributed by atoms with Gasteiger partial charge in [0.05, 0.1) is 5.69 Å². The highest BCUT2D eigenvalue weighted by atomic mass is 32.1. The normalized spacial score (nSPS) is 17.2. The van der Waals surface area contributed by atoms with Crippen molar-refractivity contribution in [3.63, 3.8) is 0 Å². The van der Waals surface area contributed by atoms with E-state index < -0.39 is 0 Å². The number of carbonyl (C=O) groups is 1. The fraction of sp³-hybridized carbons (Fsp3) is 0.625. The number of H-pyrrole nitrogens is 1. The van der Waals surface area contributed by atoms with Gasteiger partial charge in [-0.25, -0.2) is 4.79 Å². The number of hydrogen-bond acceptors (Lipinski definition) is 5. The van der Waals surface area contributed by atoms with Crippen molar-refractivity contribution in [2.45, 2.75) is 57.3 Å². The van der Waals surface area contributed by atoms with Crippen LogP contribution >= 0.6 is 11.3 Å². The van der Waals surface area contributed by atoms with E-state index in [9.17, 15) is 4.79 Å². The van der Waals surface area contributed by atoms with Crippen LogP contribution in [0.15, 0.2) is 0 Å². The summed E-state index contributed by atoms with van der Waals surface area (Å²) in [5.41, 5.74) is 3.73. The van der Waals surface area contributed by atoms with Gasteiger partial charge in [0.2, 0.25) is 5.13 Å². The molecule has 0 atom stereocenters. The SMILES string of the molecule is O=C(NCCc1n[nH]c2c1CCCC2)Nc1nnc(C2CCC2)s1. The molecule has 1 fully saturated rings.